The van der Waals surface area contributed by atoms with E-state index in [9.17, 15) is 4.79 Å². The van der Waals surface area contributed by atoms with Crippen molar-refractivity contribution in [2.24, 2.45) is 0 Å². The van der Waals surface area contributed by atoms with Gasteiger partial charge < -0.3 is 9.47 Å². The monoisotopic (exact) mass is 259 g/mol. The Morgan fingerprint density at radius 3 is 2.86 bits per heavy atom. The maximum Gasteiger partial charge on any atom is 0.346 e. The van der Waals surface area contributed by atoms with Crippen molar-refractivity contribution in [3.8, 4) is 5.75 Å². The number of nitrogens with zero attached hydrogens (tertiary/aromatic N) is 1. The molecule has 0 fully saturated rings. The second-order valence-corrected chi connectivity index (χ2v) is 3.54. The largest absolute Gasteiger partial charge is 0.477 e. The Hall–Kier alpha value is -1.10. The second kappa shape index (κ2) is 4.95. The summed E-state index contributed by atoms with van der Waals surface area (Å²) in [7, 11) is 1.32. The standard InChI is InChI=1S/C9H10BrNO3/c1-6(9(12)13-2)14-8-3-7(10)4-11-5-8/h3-6H,1-2H3/t6-/m1/s1. The molecule has 0 unspecified atom stereocenters. The Kier molecular flexibility index (Phi) is 3.88. The number of rotatable bonds is 3. The Morgan fingerprint density at radius 2 is 2.29 bits per heavy atom. The van der Waals surface area contributed by atoms with Crippen molar-refractivity contribution in [3.63, 3.8) is 0 Å². The van der Waals surface area contributed by atoms with Gasteiger partial charge in [0.1, 0.15) is 5.75 Å². The van der Waals surface area contributed by atoms with E-state index in [1.165, 1.54) is 13.3 Å². The van der Waals surface area contributed by atoms with Crippen LogP contribution in [0.2, 0.25) is 0 Å². The Morgan fingerprint density at radius 1 is 1.57 bits per heavy atom. The van der Waals surface area contributed by atoms with Gasteiger partial charge in [-0.1, -0.05) is 0 Å². The molecule has 0 aliphatic heterocycles. The van der Waals surface area contributed by atoms with E-state index in [0.717, 1.165) is 4.47 Å². The van der Waals surface area contributed by atoms with Gasteiger partial charge in [-0.15, -0.1) is 0 Å². The predicted octanol–water partition coefficient (Wildman–Crippen LogP) is 1.78. The molecule has 14 heavy (non-hydrogen) atoms. The third-order valence-electron chi connectivity index (χ3n) is 1.53. The lowest BCUT2D eigenvalue weighted by atomic mass is 10.4. The summed E-state index contributed by atoms with van der Waals surface area (Å²) in [5.74, 6) is 0.113. The minimum atomic E-state index is -0.629. The molecule has 1 aromatic rings. The van der Waals surface area contributed by atoms with Gasteiger partial charge in [-0.2, -0.15) is 0 Å². The molecule has 0 N–H and O–H groups in total. The van der Waals surface area contributed by atoms with E-state index in [0.29, 0.717) is 5.75 Å². The molecule has 1 aromatic heterocycles. The van der Waals surface area contributed by atoms with Gasteiger partial charge in [0.25, 0.3) is 0 Å². The molecule has 1 heterocycles. The van der Waals surface area contributed by atoms with Gasteiger partial charge in [0, 0.05) is 10.7 Å². The van der Waals surface area contributed by atoms with Crippen molar-refractivity contribution in [2.75, 3.05) is 7.11 Å². The van der Waals surface area contributed by atoms with Gasteiger partial charge in [0.15, 0.2) is 6.10 Å². The zero-order chi connectivity index (χ0) is 10.6. The lowest BCUT2D eigenvalue weighted by Crippen LogP contribution is -2.24. The molecule has 0 saturated carbocycles. The lowest BCUT2D eigenvalue weighted by molar-refractivity contribution is -0.147. The third-order valence-corrected chi connectivity index (χ3v) is 1.96. The van der Waals surface area contributed by atoms with Gasteiger partial charge in [0.05, 0.1) is 13.3 Å². The summed E-state index contributed by atoms with van der Waals surface area (Å²) in [4.78, 5) is 14.9. The van der Waals surface area contributed by atoms with E-state index in [1.807, 2.05) is 0 Å². The van der Waals surface area contributed by atoms with Gasteiger partial charge in [0.2, 0.25) is 0 Å². The maximum absolute atomic E-state index is 11.0. The highest BCUT2D eigenvalue weighted by atomic mass is 79.9. The molecule has 0 amide bonds. The normalized spacial score (nSPS) is 11.9. The molecule has 4 nitrogen and oxygen atoms in total. The SMILES string of the molecule is COC(=O)[C@@H](C)Oc1cncc(Br)c1. The summed E-state index contributed by atoms with van der Waals surface area (Å²) in [6.45, 7) is 1.62. The van der Waals surface area contributed by atoms with Crippen molar-refractivity contribution < 1.29 is 14.3 Å². The minimum absolute atomic E-state index is 0.412. The number of hydrogen-bond acceptors (Lipinski definition) is 4. The van der Waals surface area contributed by atoms with Gasteiger partial charge >= 0.3 is 5.97 Å². The molecule has 1 rings (SSSR count). The predicted molar refractivity (Wildman–Crippen MR) is 54.0 cm³/mol. The van der Waals surface area contributed by atoms with Crippen LogP contribution < -0.4 is 4.74 Å². The molecule has 5 heteroatoms. The van der Waals surface area contributed by atoms with Crippen LogP contribution in [-0.4, -0.2) is 24.2 Å². The molecular weight excluding hydrogens is 250 g/mol. The molecule has 0 spiro atoms. The number of aromatic nitrogens is 1. The topological polar surface area (TPSA) is 48.4 Å². The number of esters is 1. The third kappa shape index (κ3) is 2.99. The first-order valence-corrected chi connectivity index (χ1v) is 4.78. The molecule has 0 aromatic carbocycles. The molecule has 0 bridgehead atoms. The van der Waals surface area contributed by atoms with Gasteiger partial charge in [-0.3, -0.25) is 4.98 Å². The zero-order valence-electron chi connectivity index (χ0n) is 7.86. The van der Waals surface area contributed by atoms with Crippen molar-refractivity contribution in [1.82, 2.24) is 4.98 Å². The number of halogens is 1. The smallest absolute Gasteiger partial charge is 0.346 e. The summed E-state index contributed by atoms with van der Waals surface area (Å²) in [6, 6.07) is 1.73. The average molecular weight is 260 g/mol. The fourth-order valence-corrected chi connectivity index (χ4v) is 1.22. The maximum atomic E-state index is 11.0. The summed E-state index contributed by atoms with van der Waals surface area (Å²) in [5, 5.41) is 0. The molecule has 1 atom stereocenters. The van der Waals surface area contributed by atoms with Crippen LogP contribution >= 0.6 is 15.9 Å². The minimum Gasteiger partial charge on any atom is -0.477 e. The second-order valence-electron chi connectivity index (χ2n) is 2.62. The number of methoxy groups -OCH3 is 1. The summed E-state index contributed by atoms with van der Waals surface area (Å²) < 4.78 is 10.6. The van der Waals surface area contributed by atoms with Gasteiger partial charge in [-0.05, 0) is 28.9 Å². The van der Waals surface area contributed by atoms with Gasteiger partial charge in [-0.25, -0.2) is 4.79 Å². The van der Waals surface area contributed by atoms with Crippen LogP contribution in [0, 0.1) is 0 Å². The fourth-order valence-electron chi connectivity index (χ4n) is 0.875. The first-order valence-electron chi connectivity index (χ1n) is 3.98. The zero-order valence-corrected chi connectivity index (χ0v) is 9.45. The summed E-state index contributed by atoms with van der Waals surface area (Å²) >= 11 is 3.25. The van der Waals surface area contributed by atoms with Crippen LogP contribution in [0.25, 0.3) is 0 Å². The molecule has 0 radical (unpaired) electrons. The molecule has 0 aliphatic carbocycles. The Balaban J connectivity index is 2.64. The van der Waals surface area contributed by atoms with Crippen LogP contribution in [0.3, 0.4) is 0 Å². The summed E-state index contributed by atoms with van der Waals surface area (Å²) in [6.07, 6.45) is 2.54. The molecule has 0 saturated heterocycles. The van der Waals surface area contributed by atoms with E-state index in [-0.39, 0.29) is 0 Å². The van der Waals surface area contributed by atoms with Crippen molar-refractivity contribution in [2.45, 2.75) is 13.0 Å². The number of hydrogen-bond donors (Lipinski definition) is 0. The molecule has 76 valence electrons. The quantitative estimate of drug-likeness (QED) is 0.777. The number of carbonyl (C=O) groups excluding carboxylic acids is 1. The van der Waals surface area contributed by atoms with Crippen molar-refractivity contribution in [1.29, 1.82) is 0 Å². The number of carbonyl (C=O) groups is 1. The van der Waals surface area contributed by atoms with Crippen LogP contribution in [0.15, 0.2) is 22.9 Å². The van der Waals surface area contributed by atoms with Crippen LogP contribution in [-0.2, 0) is 9.53 Å². The van der Waals surface area contributed by atoms with Crippen molar-refractivity contribution in [3.05, 3.63) is 22.9 Å². The first kappa shape index (κ1) is 11.0. The average Bonchev–Trinajstić information content (AvgIpc) is 2.16. The van der Waals surface area contributed by atoms with E-state index < -0.39 is 12.1 Å². The highest BCUT2D eigenvalue weighted by Crippen LogP contribution is 2.17. The Bertz CT molecular complexity index is 330. The lowest BCUT2D eigenvalue weighted by Gasteiger charge is -2.11. The number of pyridine rings is 1. The van der Waals surface area contributed by atoms with E-state index in [2.05, 4.69) is 25.7 Å². The van der Waals surface area contributed by atoms with E-state index in [4.69, 9.17) is 4.74 Å². The van der Waals surface area contributed by atoms with Crippen LogP contribution in [0.1, 0.15) is 6.92 Å². The Labute approximate surface area is 90.4 Å². The van der Waals surface area contributed by atoms with E-state index in [1.54, 1.807) is 19.2 Å². The highest BCUT2D eigenvalue weighted by molar-refractivity contribution is 9.10. The summed E-state index contributed by atoms with van der Waals surface area (Å²) in [5.41, 5.74) is 0. The van der Waals surface area contributed by atoms with Crippen molar-refractivity contribution >= 4 is 21.9 Å². The van der Waals surface area contributed by atoms with Crippen LogP contribution in [0.4, 0.5) is 0 Å². The van der Waals surface area contributed by atoms with E-state index >= 15 is 0 Å². The molecular formula is C9H10BrNO3. The first-order chi connectivity index (χ1) is 6.63. The highest BCUT2D eigenvalue weighted by Gasteiger charge is 2.14. The fraction of sp³-hybridized carbons (Fsp3) is 0.333. The number of ether oxygens (including phenoxy) is 2. The van der Waals surface area contributed by atoms with Crippen LogP contribution in [0.5, 0.6) is 5.75 Å². The molecule has 0 aliphatic rings.